The molecule has 1 aliphatic rings. The van der Waals surface area contributed by atoms with Crippen LogP contribution >= 0.6 is 0 Å². The molecule has 7 nitrogen and oxygen atoms in total. The van der Waals surface area contributed by atoms with Gasteiger partial charge >= 0.3 is 5.97 Å². The summed E-state index contributed by atoms with van der Waals surface area (Å²) in [7, 11) is 0. The summed E-state index contributed by atoms with van der Waals surface area (Å²) in [6, 6.07) is 0.0812. The molecule has 3 N–H and O–H groups in total. The normalized spacial score (nSPS) is 24.6. The van der Waals surface area contributed by atoms with Gasteiger partial charge in [-0.1, -0.05) is 0 Å². The fraction of sp³-hybridized carbons (Fsp3) is 0.556. The number of carboxylic acids is 1. The van der Waals surface area contributed by atoms with Crippen LogP contribution in [0.25, 0.3) is 0 Å². The highest BCUT2D eigenvalue weighted by Gasteiger charge is 2.32. The zero-order chi connectivity index (χ0) is 11.6. The first kappa shape index (κ1) is 10.9. The number of oxazole rings is 1. The number of aromatic carboxylic acids is 1. The zero-order valence-electron chi connectivity index (χ0n) is 8.47. The number of carboxylic acid groups (broad SMARTS) is 1. The van der Waals surface area contributed by atoms with Crippen LogP contribution in [0.5, 0.6) is 0 Å². The minimum atomic E-state index is -1.15. The van der Waals surface area contributed by atoms with Gasteiger partial charge in [0.2, 0.25) is 0 Å². The van der Waals surface area contributed by atoms with Gasteiger partial charge in [-0.3, -0.25) is 0 Å². The van der Waals surface area contributed by atoms with E-state index in [2.05, 4.69) is 10.3 Å². The molecule has 88 valence electrons. The van der Waals surface area contributed by atoms with E-state index >= 15 is 0 Å². The second-order valence-corrected chi connectivity index (χ2v) is 3.72. The van der Waals surface area contributed by atoms with E-state index in [1.807, 2.05) is 0 Å². The molecule has 0 aliphatic carbocycles. The van der Waals surface area contributed by atoms with Gasteiger partial charge in [-0.2, -0.15) is 4.98 Å². The van der Waals surface area contributed by atoms with Crippen molar-refractivity contribution in [3.63, 3.8) is 0 Å². The van der Waals surface area contributed by atoms with Gasteiger partial charge in [-0.15, -0.1) is 0 Å². The maximum Gasteiger partial charge on any atom is 0.357 e. The molecule has 1 fully saturated rings. The van der Waals surface area contributed by atoms with Crippen molar-refractivity contribution in [2.24, 2.45) is 0 Å². The molecule has 0 aromatic carbocycles. The predicted molar refractivity (Wildman–Crippen MR) is 52.3 cm³/mol. The Labute approximate surface area is 91.0 Å². The van der Waals surface area contributed by atoms with Crippen LogP contribution in [-0.4, -0.2) is 46.5 Å². The third-order valence-corrected chi connectivity index (χ3v) is 2.37. The number of nitrogens with one attached hydrogen (secondary N) is 1. The number of aromatic nitrogens is 1. The van der Waals surface area contributed by atoms with Gasteiger partial charge < -0.3 is 24.7 Å². The molecule has 0 spiro atoms. The highest BCUT2D eigenvalue weighted by atomic mass is 16.5. The van der Waals surface area contributed by atoms with E-state index in [-0.39, 0.29) is 24.9 Å². The highest BCUT2D eigenvalue weighted by Crippen LogP contribution is 2.19. The van der Waals surface area contributed by atoms with Crippen molar-refractivity contribution >= 4 is 12.0 Å². The number of nitrogens with zero attached hydrogens (tertiary/aromatic N) is 1. The number of ether oxygens (including phenoxy) is 1. The van der Waals surface area contributed by atoms with E-state index in [1.165, 1.54) is 0 Å². The Morgan fingerprint density at radius 2 is 2.50 bits per heavy atom. The lowest BCUT2D eigenvalue weighted by molar-refractivity contribution is 0.0378. The Morgan fingerprint density at radius 3 is 3.06 bits per heavy atom. The molecular formula is C9H12N2O5. The molecule has 1 aliphatic heterocycles. The van der Waals surface area contributed by atoms with Crippen LogP contribution in [0.15, 0.2) is 10.7 Å². The van der Waals surface area contributed by atoms with Crippen LogP contribution in [0.1, 0.15) is 16.9 Å². The summed E-state index contributed by atoms with van der Waals surface area (Å²) in [5.74, 6) is -1.15. The Kier molecular flexibility index (Phi) is 2.80. The van der Waals surface area contributed by atoms with Gasteiger partial charge in [0.25, 0.3) is 6.01 Å². The Balaban J connectivity index is 1.91. The molecule has 16 heavy (non-hydrogen) atoms. The van der Waals surface area contributed by atoms with Crippen molar-refractivity contribution in [2.75, 3.05) is 25.1 Å². The number of aliphatic hydroxyl groups is 1. The maximum atomic E-state index is 10.5. The molecule has 1 aromatic rings. The quantitative estimate of drug-likeness (QED) is 0.662. The minimum absolute atomic E-state index is 0.0812. The second-order valence-electron chi connectivity index (χ2n) is 3.72. The van der Waals surface area contributed by atoms with Crippen LogP contribution in [0.2, 0.25) is 0 Å². The summed E-state index contributed by atoms with van der Waals surface area (Å²) in [5.41, 5.74) is -1.10. The molecular weight excluding hydrogens is 216 g/mol. The Morgan fingerprint density at radius 1 is 1.69 bits per heavy atom. The van der Waals surface area contributed by atoms with Crippen molar-refractivity contribution in [3.8, 4) is 0 Å². The van der Waals surface area contributed by atoms with E-state index < -0.39 is 11.6 Å². The smallest absolute Gasteiger partial charge is 0.357 e. The lowest BCUT2D eigenvalue weighted by Crippen LogP contribution is -2.37. The van der Waals surface area contributed by atoms with Crippen LogP contribution < -0.4 is 5.32 Å². The number of hydrogen-bond donors (Lipinski definition) is 3. The first-order chi connectivity index (χ1) is 7.59. The van der Waals surface area contributed by atoms with E-state index in [4.69, 9.17) is 14.3 Å². The molecule has 0 amide bonds. The standard InChI is InChI=1S/C9H12N2O5/c12-7(13)6-3-16-8(11-6)10-4-9(14)1-2-15-5-9/h3,14H,1-2,4-5H2,(H,10,11)(H,12,13). The lowest BCUT2D eigenvalue weighted by Gasteiger charge is -2.19. The average molecular weight is 228 g/mol. The summed E-state index contributed by atoms with van der Waals surface area (Å²) >= 11 is 0. The van der Waals surface area contributed by atoms with Gasteiger partial charge in [0, 0.05) is 13.0 Å². The van der Waals surface area contributed by atoms with Crippen molar-refractivity contribution in [3.05, 3.63) is 12.0 Å². The van der Waals surface area contributed by atoms with Crippen LogP contribution in [0.4, 0.5) is 6.01 Å². The SMILES string of the molecule is O=C(O)c1coc(NCC2(O)CCOC2)n1. The summed E-state index contributed by atoms with van der Waals surface area (Å²) < 4.78 is 9.93. The second kappa shape index (κ2) is 4.11. The van der Waals surface area contributed by atoms with Crippen molar-refractivity contribution in [1.29, 1.82) is 0 Å². The number of rotatable bonds is 4. The van der Waals surface area contributed by atoms with Gasteiger partial charge in [-0.05, 0) is 0 Å². The topological polar surface area (TPSA) is 105 Å². The Bertz CT molecular complexity index is 383. The molecule has 0 radical (unpaired) electrons. The fourth-order valence-electron chi connectivity index (χ4n) is 1.43. The van der Waals surface area contributed by atoms with Gasteiger partial charge in [0.05, 0.1) is 13.2 Å². The lowest BCUT2D eigenvalue weighted by atomic mass is 10.0. The molecule has 0 saturated carbocycles. The summed E-state index contributed by atoms with van der Waals surface area (Å²) in [6.45, 7) is 0.989. The predicted octanol–water partition coefficient (Wildman–Crippen LogP) is -0.0639. The molecule has 1 atom stereocenters. The average Bonchev–Trinajstić information content (AvgIpc) is 2.84. The van der Waals surface area contributed by atoms with Gasteiger partial charge in [0.1, 0.15) is 11.9 Å². The molecule has 0 bridgehead atoms. The van der Waals surface area contributed by atoms with Crippen molar-refractivity contribution in [1.82, 2.24) is 4.98 Å². The highest BCUT2D eigenvalue weighted by molar-refractivity contribution is 5.85. The van der Waals surface area contributed by atoms with Crippen molar-refractivity contribution in [2.45, 2.75) is 12.0 Å². The molecule has 2 heterocycles. The Hall–Kier alpha value is -1.60. The molecule has 7 heteroatoms. The van der Waals surface area contributed by atoms with Gasteiger partial charge in [-0.25, -0.2) is 4.79 Å². The van der Waals surface area contributed by atoms with Crippen LogP contribution in [0, 0.1) is 0 Å². The molecule has 2 rings (SSSR count). The maximum absolute atomic E-state index is 10.5. The minimum Gasteiger partial charge on any atom is -0.476 e. The van der Waals surface area contributed by atoms with E-state index in [0.29, 0.717) is 13.0 Å². The molecule has 1 unspecified atom stereocenters. The van der Waals surface area contributed by atoms with Crippen LogP contribution in [-0.2, 0) is 4.74 Å². The number of anilines is 1. The summed E-state index contributed by atoms with van der Waals surface area (Å²) in [5, 5.41) is 21.2. The van der Waals surface area contributed by atoms with E-state index in [9.17, 15) is 9.90 Å². The third-order valence-electron chi connectivity index (χ3n) is 2.37. The van der Waals surface area contributed by atoms with Gasteiger partial charge in [0.15, 0.2) is 5.69 Å². The first-order valence-electron chi connectivity index (χ1n) is 4.82. The first-order valence-corrected chi connectivity index (χ1v) is 4.82. The third kappa shape index (κ3) is 2.31. The van der Waals surface area contributed by atoms with E-state index in [0.717, 1.165) is 6.26 Å². The largest absolute Gasteiger partial charge is 0.476 e. The fourth-order valence-corrected chi connectivity index (χ4v) is 1.43. The van der Waals surface area contributed by atoms with E-state index in [1.54, 1.807) is 0 Å². The summed E-state index contributed by atoms with van der Waals surface area (Å²) in [4.78, 5) is 14.2. The monoisotopic (exact) mass is 228 g/mol. The number of hydrogen-bond acceptors (Lipinski definition) is 6. The zero-order valence-corrected chi connectivity index (χ0v) is 8.47. The molecule has 1 saturated heterocycles. The number of carbonyl (C=O) groups is 1. The summed E-state index contributed by atoms with van der Waals surface area (Å²) in [6.07, 6.45) is 1.58. The molecule has 1 aromatic heterocycles. The van der Waals surface area contributed by atoms with Crippen LogP contribution in [0.3, 0.4) is 0 Å². The van der Waals surface area contributed by atoms with Crippen molar-refractivity contribution < 1.29 is 24.2 Å².